The van der Waals surface area contributed by atoms with Gasteiger partial charge in [0.05, 0.1) is 12.8 Å². The summed E-state index contributed by atoms with van der Waals surface area (Å²) in [7, 11) is 0. The number of carbonyl (C=O) groups excluding carboxylic acids is 1. The van der Waals surface area contributed by atoms with Gasteiger partial charge in [0.1, 0.15) is 11.5 Å². The number of nitrogens with zero attached hydrogens (tertiary/aromatic N) is 2. The Labute approximate surface area is 231 Å². The number of rotatable bonds is 16. The molecule has 1 aromatic heterocycles. The number of unbranched alkanes of at least 4 members (excludes halogenated alkanes) is 5. The van der Waals surface area contributed by atoms with Crippen molar-refractivity contribution >= 4 is 5.97 Å². The Hall–Kier alpha value is -3.35. The molecule has 0 spiro atoms. The third kappa shape index (κ3) is 10.0. The fourth-order valence-electron chi connectivity index (χ4n) is 4.11. The summed E-state index contributed by atoms with van der Waals surface area (Å²) in [5.41, 5.74) is 0.556. The number of benzene rings is 2. The second-order valence-electron chi connectivity index (χ2n) is 10.2. The maximum atomic E-state index is 14.5. The highest BCUT2D eigenvalue weighted by Crippen LogP contribution is 2.26. The first-order chi connectivity index (χ1) is 18.8. The molecule has 2 atom stereocenters. The monoisotopic (exact) mass is 538 g/mol. The number of aromatic nitrogens is 2. The summed E-state index contributed by atoms with van der Waals surface area (Å²) in [4.78, 5) is 21.2. The van der Waals surface area contributed by atoms with Crippen molar-refractivity contribution in [3.05, 3.63) is 60.9 Å². The lowest BCUT2D eigenvalue weighted by molar-refractivity contribution is -0.147. The van der Waals surface area contributed by atoms with Gasteiger partial charge in [0.15, 0.2) is 5.82 Å². The highest BCUT2D eigenvalue weighted by Gasteiger charge is 2.34. The van der Waals surface area contributed by atoms with E-state index < -0.39 is 17.8 Å². The molecule has 210 valence electrons. The molecular weight excluding hydrogens is 498 g/mol. The largest absolute Gasteiger partial charge is 0.494 e. The number of hydrogen-bond acceptors (Lipinski definition) is 5. The minimum Gasteiger partial charge on any atom is -0.494 e. The smallest absolute Gasteiger partial charge is 0.348 e. The molecule has 39 heavy (non-hydrogen) atoms. The van der Waals surface area contributed by atoms with Gasteiger partial charge in [-0.1, -0.05) is 51.2 Å². The van der Waals surface area contributed by atoms with Gasteiger partial charge in [-0.15, -0.1) is 0 Å². The van der Waals surface area contributed by atoms with Crippen LogP contribution in [0.4, 0.5) is 8.78 Å². The van der Waals surface area contributed by atoms with E-state index in [1.165, 1.54) is 6.92 Å². The summed E-state index contributed by atoms with van der Waals surface area (Å²) in [6.07, 6.45) is 10.2. The van der Waals surface area contributed by atoms with E-state index in [1.807, 2.05) is 31.2 Å². The van der Waals surface area contributed by atoms with Crippen LogP contribution in [0.1, 0.15) is 78.6 Å². The molecule has 0 radical (unpaired) electrons. The lowest BCUT2D eigenvalue weighted by Gasteiger charge is -2.18. The van der Waals surface area contributed by atoms with Crippen molar-refractivity contribution in [2.75, 3.05) is 6.61 Å². The molecular formula is C32H40F2N2O3. The molecule has 0 aliphatic carbocycles. The van der Waals surface area contributed by atoms with E-state index in [0.717, 1.165) is 61.0 Å². The second kappa shape index (κ2) is 15.3. The molecule has 0 aliphatic rings. The molecule has 0 aliphatic heterocycles. The molecule has 0 saturated carbocycles. The Morgan fingerprint density at radius 2 is 1.44 bits per heavy atom. The molecule has 2 aromatic carbocycles. The quantitative estimate of drug-likeness (QED) is 0.104. The number of halogens is 2. The van der Waals surface area contributed by atoms with Gasteiger partial charge in [-0.3, -0.25) is 0 Å². The predicted octanol–water partition coefficient (Wildman–Crippen LogP) is 8.71. The summed E-state index contributed by atoms with van der Waals surface area (Å²) < 4.78 is 38.4. The average molecular weight is 539 g/mol. The van der Waals surface area contributed by atoms with Gasteiger partial charge >= 0.3 is 5.97 Å². The summed E-state index contributed by atoms with van der Waals surface area (Å²) >= 11 is 0. The number of hydrogen-bond donors (Lipinski definition) is 0. The molecule has 7 heteroatoms. The topological polar surface area (TPSA) is 61.3 Å². The van der Waals surface area contributed by atoms with E-state index in [1.54, 1.807) is 43.6 Å². The first-order valence-electron chi connectivity index (χ1n) is 14.0. The average Bonchev–Trinajstić information content (AvgIpc) is 2.94. The number of alkyl halides is 2. The minimum atomic E-state index is -2.00. The molecule has 0 amide bonds. The number of esters is 1. The fourth-order valence-corrected chi connectivity index (χ4v) is 4.11. The zero-order valence-electron chi connectivity index (χ0n) is 23.3. The van der Waals surface area contributed by atoms with Crippen molar-refractivity contribution in [1.29, 1.82) is 0 Å². The van der Waals surface area contributed by atoms with E-state index in [9.17, 15) is 13.6 Å². The second-order valence-corrected chi connectivity index (χ2v) is 10.2. The summed E-state index contributed by atoms with van der Waals surface area (Å²) in [6, 6.07) is 14.6. The molecule has 0 N–H and O–H groups in total. The van der Waals surface area contributed by atoms with Gasteiger partial charge in [0, 0.05) is 23.5 Å². The zero-order valence-corrected chi connectivity index (χ0v) is 23.3. The van der Waals surface area contributed by atoms with Crippen molar-refractivity contribution in [2.24, 2.45) is 0 Å². The van der Waals surface area contributed by atoms with Crippen LogP contribution in [0, 0.1) is 0 Å². The van der Waals surface area contributed by atoms with E-state index in [4.69, 9.17) is 9.47 Å². The summed E-state index contributed by atoms with van der Waals surface area (Å²) in [5, 5.41) is 0. The van der Waals surface area contributed by atoms with Gasteiger partial charge in [-0.25, -0.2) is 23.5 Å². The van der Waals surface area contributed by atoms with Crippen LogP contribution in [0.5, 0.6) is 11.5 Å². The van der Waals surface area contributed by atoms with Crippen molar-refractivity contribution in [1.82, 2.24) is 9.97 Å². The Balaban J connectivity index is 1.47. The van der Waals surface area contributed by atoms with Crippen LogP contribution in [-0.4, -0.2) is 34.4 Å². The Kier molecular flexibility index (Phi) is 11.8. The summed E-state index contributed by atoms with van der Waals surface area (Å²) in [6.45, 7) is 5.49. The molecule has 5 nitrogen and oxygen atoms in total. The predicted molar refractivity (Wildman–Crippen MR) is 151 cm³/mol. The van der Waals surface area contributed by atoms with Crippen LogP contribution in [0.15, 0.2) is 60.9 Å². The Morgan fingerprint density at radius 1 is 0.846 bits per heavy atom. The van der Waals surface area contributed by atoms with Crippen molar-refractivity contribution in [3.8, 4) is 34.0 Å². The van der Waals surface area contributed by atoms with E-state index in [0.29, 0.717) is 31.0 Å². The van der Waals surface area contributed by atoms with E-state index >= 15 is 0 Å². The Morgan fingerprint density at radius 3 is 2.08 bits per heavy atom. The van der Waals surface area contributed by atoms with Gasteiger partial charge in [-0.05, 0) is 81.5 Å². The Bertz CT molecular complexity index is 1130. The molecule has 3 aromatic rings. The SMILES string of the molecule is CCCC[C@](C)(F)C(=O)Oc1ccc(-c2cnc(-c3ccc(OCCCCCCC[C@H](C)F)cc3)nc2)cc1. The van der Waals surface area contributed by atoms with Crippen LogP contribution in [0.25, 0.3) is 22.5 Å². The first-order valence-corrected chi connectivity index (χ1v) is 14.0. The number of ether oxygens (including phenoxy) is 2. The van der Waals surface area contributed by atoms with Gasteiger partial charge in [-0.2, -0.15) is 0 Å². The van der Waals surface area contributed by atoms with Crippen LogP contribution >= 0.6 is 0 Å². The minimum absolute atomic E-state index is 0.143. The standard InChI is InChI=1S/C32H40F2N2O3/c1-4-5-20-32(3,34)31(37)39-29-18-12-25(13-19-29)27-22-35-30(36-23-27)26-14-16-28(17-15-26)38-21-10-8-6-7-9-11-24(2)33/h12-19,22-24H,4-11,20-21H2,1-3H3/t24-,32-/m0/s1. The van der Waals surface area contributed by atoms with Crippen molar-refractivity contribution in [2.45, 2.75) is 90.4 Å². The van der Waals surface area contributed by atoms with Gasteiger partial charge < -0.3 is 9.47 Å². The third-order valence-corrected chi connectivity index (χ3v) is 6.60. The van der Waals surface area contributed by atoms with Crippen LogP contribution in [0.3, 0.4) is 0 Å². The van der Waals surface area contributed by atoms with E-state index in [2.05, 4.69) is 9.97 Å². The normalized spacial score (nSPS) is 13.5. The van der Waals surface area contributed by atoms with Crippen LogP contribution < -0.4 is 9.47 Å². The number of carbonyl (C=O) groups is 1. The molecule has 0 unspecified atom stereocenters. The maximum absolute atomic E-state index is 14.5. The molecule has 3 rings (SSSR count). The fraction of sp³-hybridized carbons (Fsp3) is 0.469. The van der Waals surface area contributed by atoms with Gasteiger partial charge in [0.25, 0.3) is 0 Å². The van der Waals surface area contributed by atoms with Crippen molar-refractivity contribution < 1.29 is 23.0 Å². The van der Waals surface area contributed by atoms with E-state index in [-0.39, 0.29) is 6.42 Å². The lowest BCUT2D eigenvalue weighted by Crippen LogP contribution is -2.34. The van der Waals surface area contributed by atoms with Crippen LogP contribution in [0.2, 0.25) is 0 Å². The molecule has 1 heterocycles. The zero-order chi connectivity index (χ0) is 28.1. The van der Waals surface area contributed by atoms with Crippen molar-refractivity contribution in [3.63, 3.8) is 0 Å². The van der Waals surface area contributed by atoms with Crippen LogP contribution in [-0.2, 0) is 4.79 Å². The van der Waals surface area contributed by atoms with Gasteiger partial charge in [0.2, 0.25) is 5.67 Å². The molecule has 0 bridgehead atoms. The molecule has 0 fully saturated rings. The maximum Gasteiger partial charge on any atom is 0.348 e. The highest BCUT2D eigenvalue weighted by atomic mass is 19.1. The summed E-state index contributed by atoms with van der Waals surface area (Å²) in [5.74, 6) is 0.838. The lowest BCUT2D eigenvalue weighted by atomic mass is 10.0. The third-order valence-electron chi connectivity index (χ3n) is 6.60. The highest BCUT2D eigenvalue weighted by molar-refractivity contribution is 5.81. The first kappa shape index (κ1) is 30.2. The molecule has 0 saturated heterocycles.